The molecule has 0 saturated heterocycles. The third-order valence-corrected chi connectivity index (χ3v) is 4.87. The number of carboxylic acid groups (broad SMARTS) is 1. The Morgan fingerprint density at radius 3 is 2.44 bits per heavy atom. The van der Waals surface area contributed by atoms with E-state index in [1.165, 1.54) is 22.3 Å². The van der Waals surface area contributed by atoms with Crippen LogP contribution in [0.1, 0.15) is 35.8 Å². The number of carbonyl (C=O) groups is 1. The molecule has 27 heavy (non-hydrogen) atoms. The molecule has 3 aromatic rings. The standard InChI is InChI=1S/C21H21NO4S/c1-14(2)17-5-3-4-6-19(17)26-12-11-25-16-9-7-15(8-10-16)20-22-18(13-27-20)21(23)24/h3-10,13-14H,11-12H2,1-2H3,(H,23,24). The van der Waals surface area contributed by atoms with Crippen LogP contribution in [-0.2, 0) is 0 Å². The molecule has 1 heterocycles. The van der Waals surface area contributed by atoms with Crippen molar-refractivity contribution in [2.45, 2.75) is 19.8 Å². The Bertz CT molecular complexity index is 903. The van der Waals surface area contributed by atoms with Gasteiger partial charge in [0.25, 0.3) is 0 Å². The van der Waals surface area contributed by atoms with Gasteiger partial charge in [-0.25, -0.2) is 9.78 Å². The lowest BCUT2D eigenvalue weighted by Crippen LogP contribution is -2.10. The van der Waals surface area contributed by atoms with E-state index in [1.807, 2.05) is 42.5 Å². The molecule has 0 unspecified atom stereocenters. The number of hydrogen-bond donors (Lipinski definition) is 1. The number of ether oxygens (including phenoxy) is 2. The van der Waals surface area contributed by atoms with Gasteiger partial charge >= 0.3 is 5.97 Å². The molecule has 0 aliphatic heterocycles. The van der Waals surface area contributed by atoms with Crippen molar-refractivity contribution in [1.82, 2.24) is 4.98 Å². The van der Waals surface area contributed by atoms with E-state index in [1.54, 1.807) is 0 Å². The summed E-state index contributed by atoms with van der Waals surface area (Å²) in [7, 11) is 0. The first-order valence-corrected chi connectivity index (χ1v) is 9.56. The molecule has 0 bridgehead atoms. The van der Waals surface area contributed by atoms with Crippen LogP contribution >= 0.6 is 11.3 Å². The maximum Gasteiger partial charge on any atom is 0.355 e. The monoisotopic (exact) mass is 383 g/mol. The molecular weight excluding hydrogens is 362 g/mol. The van der Waals surface area contributed by atoms with E-state index in [9.17, 15) is 4.79 Å². The van der Waals surface area contributed by atoms with Crippen molar-refractivity contribution >= 4 is 17.3 Å². The van der Waals surface area contributed by atoms with Gasteiger partial charge in [-0.15, -0.1) is 11.3 Å². The van der Waals surface area contributed by atoms with Crippen molar-refractivity contribution in [3.63, 3.8) is 0 Å². The van der Waals surface area contributed by atoms with Crippen LogP contribution in [0.3, 0.4) is 0 Å². The zero-order chi connectivity index (χ0) is 19.2. The van der Waals surface area contributed by atoms with Gasteiger partial charge in [0.15, 0.2) is 5.69 Å². The maximum absolute atomic E-state index is 10.9. The second-order valence-corrected chi connectivity index (χ2v) is 7.11. The van der Waals surface area contributed by atoms with Crippen molar-refractivity contribution < 1.29 is 19.4 Å². The number of nitrogens with zero attached hydrogens (tertiary/aromatic N) is 1. The average molecular weight is 383 g/mol. The Morgan fingerprint density at radius 1 is 1.07 bits per heavy atom. The Labute approximate surface area is 162 Å². The number of para-hydroxylation sites is 1. The highest BCUT2D eigenvalue weighted by molar-refractivity contribution is 7.13. The van der Waals surface area contributed by atoms with Crippen molar-refractivity contribution in [3.8, 4) is 22.1 Å². The summed E-state index contributed by atoms with van der Waals surface area (Å²) in [5.41, 5.74) is 2.11. The predicted molar refractivity (Wildman–Crippen MR) is 106 cm³/mol. The average Bonchev–Trinajstić information content (AvgIpc) is 3.16. The summed E-state index contributed by atoms with van der Waals surface area (Å²) in [6.07, 6.45) is 0. The summed E-state index contributed by atoms with van der Waals surface area (Å²) in [6, 6.07) is 15.5. The molecule has 6 heteroatoms. The van der Waals surface area contributed by atoms with Crippen LogP contribution in [0.5, 0.6) is 11.5 Å². The van der Waals surface area contributed by atoms with Gasteiger partial charge < -0.3 is 14.6 Å². The zero-order valence-corrected chi connectivity index (χ0v) is 16.0. The maximum atomic E-state index is 10.9. The van der Waals surface area contributed by atoms with Gasteiger partial charge in [-0.05, 0) is 41.8 Å². The zero-order valence-electron chi connectivity index (χ0n) is 15.2. The Morgan fingerprint density at radius 2 is 1.78 bits per heavy atom. The van der Waals surface area contributed by atoms with Gasteiger partial charge in [-0.3, -0.25) is 0 Å². The Kier molecular flexibility index (Phi) is 6.08. The van der Waals surface area contributed by atoms with Crippen LogP contribution in [0.4, 0.5) is 0 Å². The van der Waals surface area contributed by atoms with Crippen molar-refractivity contribution in [3.05, 3.63) is 65.2 Å². The third kappa shape index (κ3) is 4.86. The smallest absolute Gasteiger partial charge is 0.355 e. The van der Waals surface area contributed by atoms with Gasteiger partial charge in [0.05, 0.1) is 0 Å². The molecule has 0 spiro atoms. The molecule has 3 rings (SSSR count). The molecule has 2 aromatic carbocycles. The molecule has 0 atom stereocenters. The van der Waals surface area contributed by atoms with E-state index in [0.717, 1.165) is 17.1 Å². The highest BCUT2D eigenvalue weighted by Gasteiger charge is 2.10. The van der Waals surface area contributed by atoms with E-state index < -0.39 is 5.97 Å². The minimum Gasteiger partial charge on any atom is -0.490 e. The quantitative estimate of drug-likeness (QED) is 0.549. The largest absolute Gasteiger partial charge is 0.490 e. The molecular formula is C21H21NO4S. The summed E-state index contributed by atoms with van der Waals surface area (Å²) in [4.78, 5) is 15.0. The molecule has 0 aliphatic rings. The second kappa shape index (κ2) is 8.68. The molecule has 1 N–H and O–H groups in total. The predicted octanol–water partition coefficient (Wildman–Crippen LogP) is 5.09. The van der Waals surface area contributed by atoms with Crippen molar-refractivity contribution in [1.29, 1.82) is 0 Å². The topological polar surface area (TPSA) is 68.7 Å². The van der Waals surface area contributed by atoms with Crippen LogP contribution in [0.2, 0.25) is 0 Å². The number of aromatic nitrogens is 1. The lowest BCUT2D eigenvalue weighted by Gasteiger charge is -2.14. The number of benzene rings is 2. The molecule has 0 amide bonds. The highest BCUT2D eigenvalue weighted by atomic mass is 32.1. The van der Waals surface area contributed by atoms with Crippen LogP contribution in [0.25, 0.3) is 10.6 Å². The summed E-state index contributed by atoms with van der Waals surface area (Å²) in [5.74, 6) is 1.01. The summed E-state index contributed by atoms with van der Waals surface area (Å²) in [5, 5.41) is 11.2. The number of aromatic carboxylic acids is 1. The summed E-state index contributed by atoms with van der Waals surface area (Å²) >= 11 is 1.31. The first-order chi connectivity index (χ1) is 13.0. The molecule has 0 fully saturated rings. The minimum atomic E-state index is -1.02. The van der Waals surface area contributed by atoms with E-state index in [0.29, 0.717) is 24.1 Å². The number of hydrogen-bond acceptors (Lipinski definition) is 5. The highest BCUT2D eigenvalue weighted by Crippen LogP contribution is 2.27. The fourth-order valence-electron chi connectivity index (χ4n) is 2.60. The van der Waals surface area contributed by atoms with Crippen molar-refractivity contribution in [2.24, 2.45) is 0 Å². The van der Waals surface area contributed by atoms with Gasteiger partial charge in [-0.2, -0.15) is 0 Å². The molecule has 140 valence electrons. The minimum absolute atomic E-state index is 0.0640. The van der Waals surface area contributed by atoms with E-state index in [4.69, 9.17) is 14.6 Å². The molecule has 5 nitrogen and oxygen atoms in total. The van der Waals surface area contributed by atoms with Gasteiger partial charge in [0.1, 0.15) is 29.7 Å². The molecule has 1 aromatic heterocycles. The van der Waals surface area contributed by atoms with Crippen LogP contribution in [0.15, 0.2) is 53.9 Å². The first-order valence-electron chi connectivity index (χ1n) is 8.68. The normalized spacial score (nSPS) is 10.8. The van der Waals surface area contributed by atoms with E-state index in [2.05, 4.69) is 24.9 Å². The van der Waals surface area contributed by atoms with Crippen molar-refractivity contribution in [2.75, 3.05) is 13.2 Å². The lowest BCUT2D eigenvalue weighted by atomic mass is 10.0. The van der Waals surface area contributed by atoms with Crippen LogP contribution in [-0.4, -0.2) is 29.3 Å². The molecule has 0 aliphatic carbocycles. The van der Waals surface area contributed by atoms with E-state index >= 15 is 0 Å². The van der Waals surface area contributed by atoms with Crippen LogP contribution < -0.4 is 9.47 Å². The van der Waals surface area contributed by atoms with E-state index in [-0.39, 0.29) is 5.69 Å². The Hall–Kier alpha value is -2.86. The summed E-state index contributed by atoms with van der Waals surface area (Å²) in [6.45, 7) is 5.18. The third-order valence-electron chi connectivity index (χ3n) is 3.98. The van der Waals surface area contributed by atoms with Gasteiger partial charge in [0.2, 0.25) is 0 Å². The number of rotatable bonds is 8. The lowest BCUT2D eigenvalue weighted by molar-refractivity contribution is 0.0691. The molecule has 0 radical (unpaired) electrons. The number of carboxylic acids is 1. The SMILES string of the molecule is CC(C)c1ccccc1OCCOc1ccc(-c2nc(C(=O)O)cs2)cc1. The fraction of sp³-hybridized carbons (Fsp3) is 0.238. The van der Waals surface area contributed by atoms with Crippen LogP contribution in [0, 0.1) is 0 Å². The number of thiazole rings is 1. The summed E-state index contributed by atoms with van der Waals surface area (Å²) < 4.78 is 11.6. The Balaban J connectivity index is 1.53. The van der Waals surface area contributed by atoms with Gasteiger partial charge in [0, 0.05) is 10.9 Å². The second-order valence-electron chi connectivity index (χ2n) is 6.26. The van der Waals surface area contributed by atoms with Gasteiger partial charge in [-0.1, -0.05) is 32.0 Å². The first kappa shape index (κ1) is 18.9. The molecule has 0 saturated carbocycles. The fourth-order valence-corrected chi connectivity index (χ4v) is 3.40.